The number of nitrogens with one attached hydrogen (secondary N) is 1. The molecule has 3 rings (SSSR count). The Bertz CT molecular complexity index is 961. The fraction of sp³-hybridized carbons (Fsp3) is 0.211. The van der Waals surface area contributed by atoms with Crippen LogP contribution in [0.1, 0.15) is 16.7 Å². The molecule has 0 atom stereocenters. The van der Waals surface area contributed by atoms with Gasteiger partial charge in [-0.1, -0.05) is 30.0 Å². The van der Waals surface area contributed by atoms with Crippen LogP contribution in [-0.2, 0) is 17.6 Å². The number of amidine groups is 1. The fourth-order valence-electron chi connectivity index (χ4n) is 2.47. The van der Waals surface area contributed by atoms with E-state index < -0.39 is 11.7 Å². The summed E-state index contributed by atoms with van der Waals surface area (Å²) in [6.45, 7) is -0.0917. The molecule has 2 aromatic rings. The van der Waals surface area contributed by atoms with Gasteiger partial charge < -0.3 is 14.8 Å². The number of hydrogen-bond acceptors (Lipinski definition) is 6. The second-order valence-corrected chi connectivity index (χ2v) is 6.82. The Kier molecular flexibility index (Phi) is 6.42. The molecule has 0 saturated carbocycles. The van der Waals surface area contributed by atoms with Gasteiger partial charge in [-0.15, -0.1) is 5.10 Å². The van der Waals surface area contributed by atoms with Crippen LogP contribution in [0.5, 0.6) is 11.5 Å². The third-order valence-corrected chi connectivity index (χ3v) is 4.66. The molecule has 1 heterocycles. The molecule has 1 aliphatic heterocycles. The van der Waals surface area contributed by atoms with Gasteiger partial charge in [-0.3, -0.25) is 4.79 Å². The second-order valence-electron chi connectivity index (χ2n) is 5.85. The number of hydrogen-bond donors (Lipinski definition) is 1. The highest BCUT2D eigenvalue weighted by Gasteiger charge is 2.30. The maximum Gasteiger partial charge on any atom is 0.416 e. The Balaban J connectivity index is 1.79. The lowest BCUT2D eigenvalue weighted by molar-refractivity contribution is -0.137. The van der Waals surface area contributed by atoms with E-state index in [1.54, 1.807) is 24.3 Å². The first-order valence-electron chi connectivity index (χ1n) is 8.36. The maximum atomic E-state index is 12.9. The number of carbonyl (C=O) groups excluding carboxylic acids is 1. The van der Waals surface area contributed by atoms with E-state index in [0.717, 1.165) is 12.1 Å². The first kappa shape index (κ1) is 20.7. The summed E-state index contributed by atoms with van der Waals surface area (Å²) in [6.07, 6.45) is -3.01. The maximum absolute atomic E-state index is 12.9. The minimum absolute atomic E-state index is 0.0917. The quantitative estimate of drug-likeness (QED) is 0.566. The molecule has 0 spiro atoms. The summed E-state index contributed by atoms with van der Waals surface area (Å²) in [5.41, 5.74) is 0.140. The van der Waals surface area contributed by atoms with E-state index in [-0.39, 0.29) is 12.5 Å². The zero-order chi connectivity index (χ0) is 20.9. The van der Waals surface area contributed by atoms with Gasteiger partial charge in [0.2, 0.25) is 5.91 Å². The molecular formula is C19H16F3N3O3S. The molecule has 1 aliphatic rings. The van der Waals surface area contributed by atoms with E-state index in [1.165, 1.54) is 31.2 Å². The van der Waals surface area contributed by atoms with Crippen LogP contribution >= 0.6 is 11.8 Å². The number of rotatable bonds is 6. The number of ether oxygens (including phenoxy) is 2. The van der Waals surface area contributed by atoms with Gasteiger partial charge >= 0.3 is 6.18 Å². The first-order chi connectivity index (χ1) is 13.9. The van der Waals surface area contributed by atoms with E-state index in [2.05, 4.69) is 15.5 Å². The van der Waals surface area contributed by atoms with Crippen molar-refractivity contribution < 1.29 is 27.4 Å². The summed E-state index contributed by atoms with van der Waals surface area (Å²) in [5, 5.41) is 10.8. The highest BCUT2D eigenvalue weighted by atomic mass is 32.2. The lowest BCUT2D eigenvalue weighted by Crippen LogP contribution is -2.19. The first-order valence-corrected chi connectivity index (χ1v) is 9.35. The number of halogens is 3. The van der Waals surface area contributed by atoms with Gasteiger partial charge in [-0.25, -0.2) is 0 Å². The van der Waals surface area contributed by atoms with Crippen molar-refractivity contribution in [3.63, 3.8) is 0 Å². The van der Waals surface area contributed by atoms with Gasteiger partial charge in [0.25, 0.3) is 0 Å². The van der Waals surface area contributed by atoms with Crippen molar-refractivity contribution in [1.82, 2.24) is 5.32 Å². The molecule has 0 aromatic heterocycles. The van der Waals surface area contributed by atoms with E-state index in [4.69, 9.17) is 9.47 Å². The van der Waals surface area contributed by atoms with Crippen molar-refractivity contribution in [1.29, 1.82) is 0 Å². The summed E-state index contributed by atoms with van der Waals surface area (Å²) < 4.78 is 49.7. The molecular weight excluding hydrogens is 407 g/mol. The molecule has 6 nitrogen and oxygen atoms in total. The Morgan fingerprint density at radius 3 is 2.72 bits per heavy atom. The predicted molar refractivity (Wildman–Crippen MR) is 104 cm³/mol. The lowest BCUT2D eigenvalue weighted by Gasteiger charge is -2.14. The number of amides is 1. The zero-order valence-electron chi connectivity index (χ0n) is 15.2. The van der Waals surface area contributed by atoms with Gasteiger partial charge in [-0.2, -0.15) is 18.3 Å². The standard InChI is InChI=1S/C19H16F3N3O3S/c1-27-15-7-3-5-13(9-23-25-18-24-16(26)11-29-18)17(15)28-10-12-4-2-6-14(8-12)19(20,21)22/h2-9H,10-11H2,1H3,(H,24,25,26). The Morgan fingerprint density at radius 1 is 1.24 bits per heavy atom. The molecule has 0 radical (unpaired) electrons. The van der Waals surface area contributed by atoms with Crippen LogP contribution in [0.15, 0.2) is 52.7 Å². The monoisotopic (exact) mass is 423 g/mol. The van der Waals surface area contributed by atoms with Crippen molar-refractivity contribution in [2.45, 2.75) is 12.8 Å². The normalized spacial score (nSPS) is 15.7. The Hall–Kier alpha value is -3.01. The summed E-state index contributed by atoms with van der Waals surface area (Å²) >= 11 is 1.24. The molecule has 1 N–H and O–H groups in total. The molecule has 0 aliphatic carbocycles. The number of alkyl halides is 3. The van der Waals surface area contributed by atoms with Crippen molar-refractivity contribution in [3.05, 3.63) is 59.2 Å². The average molecular weight is 423 g/mol. The third-order valence-electron chi connectivity index (χ3n) is 3.80. The molecule has 10 heteroatoms. The third kappa shape index (κ3) is 5.50. The number of para-hydroxylation sites is 1. The smallest absolute Gasteiger partial charge is 0.416 e. The number of benzene rings is 2. The zero-order valence-corrected chi connectivity index (χ0v) is 16.0. The second kappa shape index (κ2) is 8.99. The van der Waals surface area contributed by atoms with Crippen LogP contribution in [0.2, 0.25) is 0 Å². The molecule has 1 fully saturated rings. The van der Waals surface area contributed by atoms with Crippen LogP contribution < -0.4 is 14.8 Å². The minimum Gasteiger partial charge on any atom is -0.493 e. The van der Waals surface area contributed by atoms with Crippen LogP contribution in [0.25, 0.3) is 0 Å². The van der Waals surface area contributed by atoms with Crippen LogP contribution in [-0.4, -0.2) is 30.2 Å². The van der Waals surface area contributed by atoms with E-state index in [9.17, 15) is 18.0 Å². The summed E-state index contributed by atoms with van der Waals surface area (Å²) in [4.78, 5) is 11.2. The molecule has 29 heavy (non-hydrogen) atoms. The largest absolute Gasteiger partial charge is 0.493 e. The van der Waals surface area contributed by atoms with Crippen molar-refractivity contribution >= 4 is 29.1 Å². The minimum atomic E-state index is -4.43. The average Bonchev–Trinajstić information content (AvgIpc) is 3.11. The van der Waals surface area contributed by atoms with Crippen LogP contribution in [0.4, 0.5) is 13.2 Å². The lowest BCUT2D eigenvalue weighted by atomic mass is 10.1. The molecule has 0 unspecified atom stereocenters. The summed E-state index contributed by atoms with van der Waals surface area (Å²) in [7, 11) is 1.46. The molecule has 2 aromatic carbocycles. The number of methoxy groups -OCH3 is 1. The number of nitrogens with zero attached hydrogens (tertiary/aromatic N) is 2. The van der Waals surface area contributed by atoms with Gasteiger partial charge in [-0.05, 0) is 29.8 Å². The van der Waals surface area contributed by atoms with E-state index >= 15 is 0 Å². The highest BCUT2D eigenvalue weighted by molar-refractivity contribution is 8.15. The summed E-state index contributed by atoms with van der Waals surface area (Å²) in [6, 6.07) is 10.0. The molecule has 1 amide bonds. The van der Waals surface area contributed by atoms with Gasteiger partial charge in [0.15, 0.2) is 16.7 Å². The Morgan fingerprint density at radius 2 is 2.03 bits per heavy atom. The SMILES string of the molecule is COc1cccc(C=NN=C2NC(=O)CS2)c1OCc1cccc(C(F)(F)F)c1. The van der Waals surface area contributed by atoms with Gasteiger partial charge in [0.05, 0.1) is 24.6 Å². The van der Waals surface area contributed by atoms with E-state index in [1.807, 2.05) is 0 Å². The van der Waals surface area contributed by atoms with Crippen molar-refractivity contribution in [2.24, 2.45) is 10.2 Å². The number of carbonyl (C=O) groups is 1. The highest BCUT2D eigenvalue weighted by Crippen LogP contribution is 2.32. The van der Waals surface area contributed by atoms with E-state index in [0.29, 0.717) is 33.5 Å². The van der Waals surface area contributed by atoms with Crippen molar-refractivity contribution in [3.8, 4) is 11.5 Å². The fourth-order valence-corrected chi connectivity index (χ4v) is 3.10. The molecule has 0 bridgehead atoms. The number of thioether (sulfide) groups is 1. The topological polar surface area (TPSA) is 72.3 Å². The Labute approximate surface area is 168 Å². The van der Waals surface area contributed by atoms with Crippen molar-refractivity contribution in [2.75, 3.05) is 12.9 Å². The molecule has 152 valence electrons. The predicted octanol–water partition coefficient (Wildman–Crippen LogP) is 3.85. The van der Waals surface area contributed by atoms with Crippen LogP contribution in [0.3, 0.4) is 0 Å². The van der Waals surface area contributed by atoms with Gasteiger partial charge in [0.1, 0.15) is 6.61 Å². The summed E-state index contributed by atoms with van der Waals surface area (Å²) in [5.74, 6) is 0.866. The van der Waals surface area contributed by atoms with Gasteiger partial charge in [0, 0.05) is 5.56 Å². The molecule has 1 saturated heterocycles. The van der Waals surface area contributed by atoms with Crippen LogP contribution in [0, 0.1) is 0 Å².